The Labute approximate surface area is 213 Å². The topological polar surface area (TPSA) is 114 Å². The van der Waals surface area contributed by atoms with E-state index in [1.54, 1.807) is 16.4 Å². The molecule has 0 fully saturated rings. The summed E-state index contributed by atoms with van der Waals surface area (Å²) < 4.78 is 2.63. The number of fused-ring (bicyclic) bond motifs is 2. The molecule has 1 aromatic carbocycles. The maximum atomic E-state index is 12.6. The fourth-order valence-corrected chi connectivity index (χ4v) is 5.16. The molecule has 0 aliphatic heterocycles. The Balaban J connectivity index is 1.58. The summed E-state index contributed by atoms with van der Waals surface area (Å²) in [7, 11) is 1.83. The lowest BCUT2D eigenvalue weighted by Crippen LogP contribution is -2.14. The monoisotopic (exact) mass is 514 g/mol. The summed E-state index contributed by atoms with van der Waals surface area (Å²) in [6, 6.07) is 12.7. The number of aryl methyl sites for hydroxylation is 1. The molecule has 0 saturated heterocycles. The predicted octanol–water partition coefficient (Wildman–Crippen LogP) is 5.22. The molecule has 5 heterocycles. The van der Waals surface area contributed by atoms with Gasteiger partial charge in [-0.05, 0) is 37.3 Å². The number of benzene rings is 1. The van der Waals surface area contributed by atoms with Crippen molar-refractivity contribution in [3.63, 3.8) is 0 Å². The molecule has 0 amide bonds. The van der Waals surface area contributed by atoms with E-state index in [0.717, 1.165) is 21.5 Å². The van der Waals surface area contributed by atoms with Gasteiger partial charge in [-0.2, -0.15) is 5.10 Å². The van der Waals surface area contributed by atoms with Crippen LogP contribution in [-0.4, -0.2) is 34.7 Å². The fraction of sp³-hybridized carbons (Fsp3) is 0.120. The van der Waals surface area contributed by atoms with Gasteiger partial charge in [0.1, 0.15) is 16.9 Å². The number of hydrogen-bond donors (Lipinski definition) is 2. The number of rotatable bonds is 5. The summed E-state index contributed by atoms with van der Waals surface area (Å²) in [5, 5.41) is 8.45. The van der Waals surface area contributed by atoms with E-state index in [0.29, 0.717) is 39.0 Å². The largest absolute Gasteiger partial charge is 0.375 e. The third kappa shape index (κ3) is 4.00. The first-order chi connectivity index (χ1) is 17.5. The summed E-state index contributed by atoms with van der Waals surface area (Å²) in [5.74, 6) is 0. The normalized spacial score (nSPS) is 12.3. The van der Waals surface area contributed by atoms with E-state index in [9.17, 15) is 4.79 Å². The molecule has 36 heavy (non-hydrogen) atoms. The molecule has 6 aromatic rings. The van der Waals surface area contributed by atoms with Gasteiger partial charge in [0.2, 0.25) is 0 Å². The zero-order chi connectivity index (χ0) is 24.8. The zero-order valence-electron chi connectivity index (χ0n) is 19.2. The van der Waals surface area contributed by atoms with Crippen molar-refractivity contribution in [2.75, 3.05) is 5.32 Å². The Morgan fingerprint density at radius 1 is 1.08 bits per heavy atom. The number of hydrogen-bond acceptors (Lipinski definition) is 8. The lowest BCUT2D eigenvalue weighted by molar-refractivity contribution is 0.770. The summed E-state index contributed by atoms with van der Waals surface area (Å²) in [5.41, 5.74) is 7.02. The van der Waals surface area contributed by atoms with Crippen LogP contribution in [0, 0.1) is 0 Å². The Bertz CT molecular complexity index is 1790. The van der Waals surface area contributed by atoms with Gasteiger partial charge in [-0.15, -0.1) is 11.3 Å². The van der Waals surface area contributed by atoms with Crippen molar-refractivity contribution in [2.24, 2.45) is 7.05 Å². The second kappa shape index (κ2) is 8.81. The zero-order valence-corrected chi connectivity index (χ0v) is 20.8. The van der Waals surface area contributed by atoms with Gasteiger partial charge in [0.15, 0.2) is 5.65 Å². The maximum absolute atomic E-state index is 12.6. The van der Waals surface area contributed by atoms with E-state index >= 15 is 0 Å². The lowest BCUT2D eigenvalue weighted by Gasteiger charge is -2.17. The Morgan fingerprint density at radius 2 is 1.97 bits per heavy atom. The molecule has 0 saturated carbocycles. The van der Waals surface area contributed by atoms with Gasteiger partial charge in [-0.3, -0.25) is 14.5 Å². The minimum atomic E-state index is -0.290. The predicted molar refractivity (Wildman–Crippen MR) is 142 cm³/mol. The van der Waals surface area contributed by atoms with Crippen LogP contribution in [0.25, 0.3) is 44.0 Å². The fourth-order valence-electron chi connectivity index (χ4n) is 4.09. The van der Waals surface area contributed by atoms with Gasteiger partial charge in [0.05, 0.1) is 43.9 Å². The van der Waals surface area contributed by atoms with Gasteiger partial charge < -0.3 is 10.3 Å². The van der Waals surface area contributed by atoms with Crippen molar-refractivity contribution in [2.45, 2.75) is 13.0 Å². The number of thiazole rings is 1. The molecule has 0 radical (unpaired) electrons. The number of halogens is 1. The minimum absolute atomic E-state index is 0.167. The van der Waals surface area contributed by atoms with Crippen LogP contribution in [0.3, 0.4) is 0 Å². The van der Waals surface area contributed by atoms with E-state index in [1.165, 1.54) is 17.4 Å². The van der Waals surface area contributed by atoms with Crippen LogP contribution in [0.5, 0.6) is 0 Å². The standard InChI is InChI=1S/C25H19ClN8OS/c1-13(16-5-3-4-7-27-16)29-18-11-20(35)30-25-24(18)31-21(23(32-25)17-6-8-34(2)33-17)14-9-15(26)22-19(10-14)36-12-28-22/h3-13H,1-2H3,(H2,29,30,32,35). The summed E-state index contributed by atoms with van der Waals surface area (Å²) in [6.45, 7) is 1.98. The third-order valence-electron chi connectivity index (χ3n) is 5.79. The highest BCUT2D eigenvalue weighted by Gasteiger charge is 2.20. The van der Waals surface area contributed by atoms with Crippen LogP contribution in [0.15, 0.2) is 65.2 Å². The smallest absolute Gasteiger partial charge is 0.251 e. The van der Waals surface area contributed by atoms with Gasteiger partial charge >= 0.3 is 0 Å². The average molecular weight is 515 g/mol. The Kier molecular flexibility index (Phi) is 5.46. The molecule has 178 valence electrons. The van der Waals surface area contributed by atoms with E-state index in [-0.39, 0.29) is 11.6 Å². The van der Waals surface area contributed by atoms with Crippen LogP contribution >= 0.6 is 22.9 Å². The Hall–Kier alpha value is -4.15. The number of nitrogens with one attached hydrogen (secondary N) is 2. The Morgan fingerprint density at radius 3 is 2.75 bits per heavy atom. The molecule has 5 aromatic heterocycles. The second-order valence-electron chi connectivity index (χ2n) is 8.32. The number of nitrogens with zero attached hydrogens (tertiary/aromatic N) is 6. The molecule has 2 N–H and O–H groups in total. The first-order valence-corrected chi connectivity index (χ1v) is 12.4. The van der Waals surface area contributed by atoms with Crippen molar-refractivity contribution >= 4 is 50.0 Å². The summed E-state index contributed by atoms with van der Waals surface area (Å²) in [4.78, 5) is 34.0. The SMILES string of the molecule is CC(Nc1cc(=O)[nH]c2nc(-c3ccn(C)n3)c(-c3cc(Cl)c4ncsc4c3)nc12)c1ccccn1. The number of aromatic amines is 1. The molecule has 11 heteroatoms. The molecule has 0 bridgehead atoms. The molecule has 0 spiro atoms. The van der Waals surface area contributed by atoms with Gasteiger partial charge in [0, 0.05) is 31.1 Å². The second-order valence-corrected chi connectivity index (χ2v) is 9.61. The van der Waals surface area contributed by atoms with Crippen LogP contribution in [0.4, 0.5) is 5.69 Å². The molecule has 0 aliphatic carbocycles. The van der Waals surface area contributed by atoms with Crippen LogP contribution in [-0.2, 0) is 7.05 Å². The van der Waals surface area contributed by atoms with Crippen LogP contribution < -0.4 is 10.9 Å². The molecule has 6 rings (SSSR count). The van der Waals surface area contributed by atoms with Gasteiger partial charge in [-0.25, -0.2) is 15.0 Å². The van der Waals surface area contributed by atoms with Crippen molar-refractivity contribution in [1.82, 2.24) is 34.7 Å². The third-order valence-corrected chi connectivity index (χ3v) is 6.86. The molecule has 1 atom stereocenters. The van der Waals surface area contributed by atoms with Gasteiger partial charge in [-0.1, -0.05) is 17.7 Å². The van der Waals surface area contributed by atoms with Crippen LogP contribution in [0.2, 0.25) is 5.02 Å². The molecule has 9 nitrogen and oxygen atoms in total. The quantitative estimate of drug-likeness (QED) is 0.324. The van der Waals surface area contributed by atoms with E-state index in [2.05, 4.69) is 25.4 Å². The summed E-state index contributed by atoms with van der Waals surface area (Å²) >= 11 is 8.07. The van der Waals surface area contributed by atoms with E-state index in [1.807, 2.05) is 56.6 Å². The van der Waals surface area contributed by atoms with Gasteiger partial charge in [0.25, 0.3) is 5.56 Å². The highest BCUT2D eigenvalue weighted by molar-refractivity contribution is 7.16. The molecular formula is C25H19ClN8OS. The molecule has 1 unspecified atom stereocenters. The number of H-pyrrole nitrogens is 1. The minimum Gasteiger partial charge on any atom is -0.375 e. The lowest BCUT2D eigenvalue weighted by atomic mass is 10.1. The van der Waals surface area contributed by atoms with Crippen molar-refractivity contribution in [3.05, 3.63) is 81.4 Å². The number of anilines is 1. The maximum Gasteiger partial charge on any atom is 0.251 e. The van der Waals surface area contributed by atoms with Crippen molar-refractivity contribution in [1.29, 1.82) is 0 Å². The van der Waals surface area contributed by atoms with E-state index in [4.69, 9.17) is 21.6 Å². The van der Waals surface area contributed by atoms with E-state index < -0.39 is 0 Å². The highest BCUT2D eigenvalue weighted by Crippen LogP contribution is 2.36. The molecule has 0 aliphatic rings. The van der Waals surface area contributed by atoms with Crippen LogP contribution in [0.1, 0.15) is 18.7 Å². The average Bonchev–Trinajstić information content (AvgIpc) is 3.53. The van der Waals surface area contributed by atoms with Crippen molar-refractivity contribution in [3.8, 4) is 22.6 Å². The first-order valence-electron chi connectivity index (χ1n) is 11.1. The highest BCUT2D eigenvalue weighted by atomic mass is 35.5. The first kappa shape index (κ1) is 22.3. The van der Waals surface area contributed by atoms with Crippen molar-refractivity contribution < 1.29 is 0 Å². The number of aromatic nitrogens is 7. The molecular weight excluding hydrogens is 496 g/mol. The summed E-state index contributed by atoms with van der Waals surface area (Å²) in [6.07, 6.45) is 3.57. The number of pyridine rings is 2.